The number of nitrogens with one attached hydrogen (secondary N) is 1. The number of nitrogens with zero attached hydrogens (tertiary/aromatic N) is 1. The molecule has 3 nitrogen and oxygen atoms in total. The van der Waals surface area contributed by atoms with Crippen LogP contribution in [0.5, 0.6) is 0 Å². The molecule has 0 saturated carbocycles. The van der Waals surface area contributed by atoms with Crippen molar-refractivity contribution >= 4 is 23.2 Å². The Balaban J connectivity index is 1.81. The molecule has 0 radical (unpaired) electrons. The van der Waals surface area contributed by atoms with Crippen molar-refractivity contribution in [2.24, 2.45) is 0 Å². The van der Waals surface area contributed by atoms with Crippen molar-refractivity contribution in [1.82, 2.24) is 4.90 Å². The van der Waals surface area contributed by atoms with Crippen LogP contribution in [0.4, 0.5) is 10.1 Å². The van der Waals surface area contributed by atoms with E-state index in [0.29, 0.717) is 18.2 Å². The standard InChI is InChI=1S/C15H20ClFN2O/c1-19-9-3-2-4-12(19)6-8-15(20)18-11-5-7-14(17)13(16)10-11/h5,7,10,12H,2-4,6,8-9H2,1H3,(H,18,20). The lowest BCUT2D eigenvalue weighted by molar-refractivity contribution is -0.116. The summed E-state index contributed by atoms with van der Waals surface area (Å²) in [6, 6.07) is 4.70. The summed E-state index contributed by atoms with van der Waals surface area (Å²) in [4.78, 5) is 14.2. The van der Waals surface area contributed by atoms with Crippen LogP contribution in [0.1, 0.15) is 32.1 Å². The van der Waals surface area contributed by atoms with E-state index in [0.717, 1.165) is 19.4 Å². The molecule has 1 fully saturated rings. The van der Waals surface area contributed by atoms with Crippen molar-refractivity contribution in [2.45, 2.75) is 38.1 Å². The molecule has 1 N–H and O–H groups in total. The van der Waals surface area contributed by atoms with Crippen molar-refractivity contribution in [3.8, 4) is 0 Å². The van der Waals surface area contributed by atoms with Crippen LogP contribution in [0, 0.1) is 5.82 Å². The van der Waals surface area contributed by atoms with Crippen LogP contribution in [-0.2, 0) is 4.79 Å². The summed E-state index contributed by atoms with van der Waals surface area (Å²) in [6.45, 7) is 1.11. The summed E-state index contributed by atoms with van der Waals surface area (Å²) in [7, 11) is 2.11. The molecule has 2 rings (SSSR count). The molecule has 1 aromatic carbocycles. The first-order chi connectivity index (χ1) is 9.56. The molecule has 1 aliphatic heterocycles. The maximum Gasteiger partial charge on any atom is 0.224 e. The van der Waals surface area contributed by atoms with E-state index < -0.39 is 5.82 Å². The van der Waals surface area contributed by atoms with E-state index in [2.05, 4.69) is 17.3 Å². The maximum absolute atomic E-state index is 13.0. The van der Waals surface area contributed by atoms with Crippen LogP contribution in [0.2, 0.25) is 5.02 Å². The maximum atomic E-state index is 13.0. The Labute approximate surface area is 124 Å². The number of hydrogen-bond donors (Lipinski definition) is 1. The van der Waals surface area contributed by atoms with Gasteiger partial charge in [-0.3, -0.25) is 4.79 Å². The molecule has 20 heavy (non-hydrogen) atoms. The first-order valence-electron chi connectivity index (χ1n) is 7.01. The van der Waals surface area contributed by atoms with Crippen LogP contribution in [-0.4, -0.2) is 30.4 Å². The van der Waals surface area contributed by atoms with Crippen LogP contribution in [0.25, 0.3) is 0 Å². The van der Waals surface area contributed by atoms with Gasteiger partial charge in [-0.15, -0.1) is 0 Å². The molecule has 0 bridgehead atoms. The SMILES string of the molecule is CN1CCCCC1CCC(=O)Nc1ccc(F)c(Cl)c1. The van der Waals surface area contributed by atoms with E-state index in [1.54, 1.807) is 0 Å². The Kier molecular flexibility index (Phi) is 5.38. The number of carbonyl (C=O) groups excluding carboxylic acids is 1. The summed E-state index contributed by atoms with van der Waals surface area (Å²) < 4.78 is 13.0. The highest BCUT2D eigenvalue weighted by Gasteiger charge is 2.19. The van der Waals surface area contributed by atoms with Gasteiger partial charge in [-0.1, -0.05) is 18.0 Å². The van der Waals surface area contributed by atoms with E-state index >= 15 is 0 Å². The second kappa shape index (κ2) is 7.04. The average Bonchev–Trinajstić information content (AvgIpc) is 2.42. The van der Waals surface area contributed by atoms with Crippen LogP contribution in [0.3, 0.4) is 0 Å². The Morgan fingerprint density at radius 2 is 2.30 bits per heavy atom. The van der Waals surface area contributed by atoms with Gasteiger partial charge in [0.05, 0.1) is 5.02 Å². The number of piperidine rings is 1. The Morgan fingerprint density at radius 1 is 1.50 bits per heavy atom. The molecule has 1 saturated heterocycles. The van der Waals surface area contributed by atoms with Crippen molar-refractivity contribution < 1.29 is 9.18 Å². The second-order valence-electron chi connectivity index (χ2n) is 5.35. The van der Waals surface area contributed by atoms with E-state index in [1.807, 2.05) is 0 Å². The number of halogens is 2. The molecule has 0 aliphatic carbocycles. The zero-order chi connectivity index (χ0) is 14.5. The van der Waals surface area contributed by atoms with Crippen LogP contribution >= 0.6 is 11.6 Å². The number of hydrogen-bond acceptors (Lipinski definition) is 2. The normalized spacial score (nSPS) is 19.9. The summed E-state index contributed by atoms with van der Waals surface area (Å²) in [6.07, 6.45) is 4.98. The van der Waals surface area contributed by atoms with Crippen molar-refractivity contribution in [3.05, 3.63) is 29.0 Å². The highest BCUT2D eigenvalue weighted by Crippen LogP contribution is 2.21. The van der Waals surface area contributed by atoms with Crippen molar-refractivity contribution in [2.75, 3.05) is 18.9 Å². The average molecular weight is 299 g/mol. The monoisotopic (exact) mass is 298 g/mol. The highest BCUT2D eigenvalue weighted by molar-refractivity contribution is 6.31. The topological polar surface area (TPSA) is 32.3 Å². The van der Waals surface area contributed by atoms with Crippen molar-refractivity contribution in [1.29, 1.82) is 0 Å². The molecule has 1 amide bonds. The van der Waals surface area contributed by atoms with Gasteiger partial charge in [-0.05, 0) is 51.1 Å². The predicted octanol–water partition coefficient (Wildman–Crippen LogP) is 3.68. The summed E-state index contributed by atoms with van der Waals surface area (Å²) >= 11 is 5.68. The van der Waals surface area contributed by atoms with Crippen molar-refractivity contribution in [3.63, 3.8) is 0 Å². The molecule has 110 valence electrons. The number of benzene rings is 1. The van der Waals surface area contributed by atoms with E-state index in [9.17, 15) is 9.18 Å². The third kappa shape index (κ3) is 4.18. The van der Waals surface area contributed by atoms with Gasteiger partial charge in [-0.25, -0.2) is 4.39 Å². The van der Waals surface area contributed by atoms with Gasteiger partial charge < -0.3 is 10.2 Å². The summed E-state index contributed by atoms with van der Waals surface area (Å²) in [5, 5.41) is 2.78. The number of carbonyl (C=O) groups is 1. The fourth-order valence-electron chi connectivity index (χ4n) is 2.60. The number of anilines is 1. The summed E-state index contributed by atoms with van der Waals surface area (Å²) in [5.74, 6) is -0.528. The fourth-order valence-corrected chi connectivity index (χ4v) is 2.78. The quantitative estimate of drug-likeness (QED) is 0.919. The zero-order valence-electron chi connectivity index (χ0n) is 11.7. The molecule has 1 heterocycles. The molecule has 0 spiro atoms. The van der Waals surface area contributed by atoms with Gasteiger partial charge in [-0.2, -0.15) is 0 Å². The minimum atomic E-state index is -0.478. The molecule has 1 aliphatic rings. The Morgan fingerprint density at radius 3 is 3.00 bits per heavy atom. The van der Waals surface area contributed by atoms with Gasteiger partial charge in [0.25, 0.3) is 0 Å². The largest absolute Gasteiger partial charge is 0.326 e. The minimum Gasteiger partial charge on any atom is -0.326 e. The van der Waals surface area contributed by atoms with Gasteiger partial charge in [0.15, 0.2) is 0 Å². The lowest BCUT2D eigenvalue weighted by Crippen LogP contribution is -2.36. The molecule has 1 unspecified atom stereocenters. The highest BCUT2D eigenvalue weighted by atomic mass is 35.5. The predicted molar refractivity (Wildman–Crippen MR) is 79.5 cm³/mol. The molecule has 0 aromatic heterocycles. The molecular formula is C15H20ClFN2O. The molecule has 1 aromatic rings. The number of rotatable bonds is 4. The summed E-state index contributed by atoms with van der Waals surface area (Å²) in [5.41, 5.74) is 0.540. The number of amides is 1. The molecule has 1 atom stereocenters. The minimum absolute atomic E-state index is 0.0230. The first kappa shape index (κ1) is 15.3. The first-order valence-corrected chi connectivity index (χ1v) is 7.39. The van der Waals surface area contributed by atoms with Gasteiger partial charge >= 0.3 is 0 Å². The van der Waals surface area contributed by atoms with Crippen LogP contribution < -0.4 is 5.32 Å². The second-order valence-corrected chi connectivity index (χ2v) is 5.75. The van der Waals surface area contributed by atoms with E-state index in [-0.39, 0.29) is 10.9 Å². The van der Waals surface area contributed by atoms with Crippen LogP contribution in [0.15, 0.2) is 18.2 Å². The van der Waals surface area contributed by atoms with Gasteiger partial charge in [0, 0.05) is 18.2 Å². The van der Waals surface area contributed by atoms with E-state index in [1.165, 1.54) is 31.0 Å². The smallest absolute Gasteiger partial charge is 0.224 e. The third-order valence-corrected chi connectivity index (χ3v) is 4.12. The molecular weight excluding hydrogens is 279 g/mol. The fraction of sp³-hybridized carbons (Fsp3) is 0.533. The zero-order valence-corrected chi connectivity index (χ0v) is 12.4. The van der Waals surface area contributed by atoms with Gasteiger partial charge in [0.2, 0.25) is 5.91 Å². The van der Waals surface area contributed by atoms with Gasteiger partial charge in [0.1, 0.15) is 5.82 Å². The number of likely N-dealkylation sites (tertiary alicyclic amines) is 1. The Bertz CT molecular complexity index is 481. The third-order valence-electron chi connectivity index (χ3n) is 3.83. The lowest BCUT2D eigenvalue weighted by Gasteiger charge is -2.32. The van der Waals surface area contributed by atoms with E-state index in [4.69, 9.17) is 11.6 Å². The Hall–Kier alpha value is -1.13. The lowest BCUT2D eigenvalue weighted by atomic mass is 9.98. The molecule has 5 heteroatoms.